The molecule has 0 spiro atoms. The molecule has 1 aliphatic rings. The summed E-state index contributed by atoms with van der Waals surface area (Å²) in [6, 6.07) is 11.3. The quantitative estimate of drug-likeness (QED) is 0.595. The van der Waals surface area contributed by atoms with Crippen molar-refractivity contribution in [1.29, 1.82) is 0 Å². The smallest absolute Gasteiger partial charge is 0.271 e. The lowest BCUT2D eigenvalue weighted by Gasteiger charge is -2.15. The van der Waals surface area contributed by atoms with Gasteiger partial charge in [-0.25, -0.2) is 0 Å². The Bertz CT molecular complexity index is 786. The summed E-state index contributed by atoms with van der Waals surface area (Å²) in [5.41, 5.74) is 1.47. The van der Waals surface area contributed by atoms with E-state index in [9.17, 15) is 14.9 Å². The van der Waals surface area contributed by atoms with E-state index >= 15 is 0 Å². The number of likely N-dealkylation sites (tertiary alicyclic amines) is 1. The van der Waals surface area contributed by atoms with Crippen LogP contribution in [-0.4, -0.2) is 28.8 Å². The van der Waals surface area contributed by atoms with Gasteiger partial charge in [0, 0.05) is 30.8 Å². The van der Waals surface area contributed by atoms with Gasteiger partial charge in [0.2, 0.25) is 0 Å². The number of hydrogen-bond donors (Lipinski definition) is 0. The molecule has 2 aromatic rings. The van der Waals surface area contributed by atoms with Gasteiger partial charge in [0.25, 0.3) is 11.6 Å². The Balaban J connectivity index is 1.62. The number of ether oxygens (including phenoxy) is 1. The standard InChI is InChI=1S/C18H17ClN2O4/c19-16-11-15(21(23)24)7-8-17(16)25-12-13-3-5-14(6-4-13)18(22)20-9-1-2-10-20/h3-8,11H,1-2,9-10,12H2. The largest absolute Gasteiger partial charge is 0.487 e. The number of nitro groups is 1. The summed E-state index contributed by atoms with van der Waals surface area (Å²) in [7, 11) is 0. The molecular weight excluding hydrogens is 344 g/mol. The lowest BCUT2D eigenvalue weighted by atomic mass is 10.1. The first kappa shape index (κ1) is 17.2. The Labute approximate surface area is 150 Å². The first-order valence-electron chi connectivity index (χ1n) is 7.99. The molecule has 0 unspecified atom stereocenters. The van der Waals surface area contributed by atoms with Gasteiger partial charge in [-0.3, -0.25) is 14.9 Å². The zero-order valence-electron chi connectivity index (χ0n) is 13.5. The van der Waals surface area contributed by atoms with Gasteiger partial charge in [-0.1, -0.05) is 23.7 Å². The lowest BCUT2D eigenvalue weighted by Crippen LogP contribution is -2.27. The Morgan fingerprint density at radius 1 is 1.16 bits per heavy atom. The zero-order valence-corrected chi connectivity index (χ0v) is 14.2. The number of non-ortho nitro benzene ring substituents is 1. The first-order valence-corrected chi connectivity index (χ1v) is 8.37. The molecule has 2 aromatic carbocycles. The molecule has 0 saturated carbocycles. The van der Waals surface area contributed by atoms with Gasteiger partial charge in [0.1, 0.15) is 12.4 Å². The number of halogens is 1. The van der Waals surface area contributed by atoms with Crippen LogP contribution in [0.15, 0.2) is 42.5 Å². The van der Waals surface area contributed by atoms with E-state index in [-0.39, 0.29) is 23.2 Å². The van der Waals surface area contributed by atoms with Crippen molar-refractivity contribution in [2.24, 2.45) is 0 Å². The van der Waals surface area contributed by atoms with Crippen molar-refractivity contribution >= 4 is 23.2 Å². The van der Waals surface area contributed by atoms with Crippen molar-refractivity contribution in [3.63, 3.8) is 0 Å². The third kappa shape index (κ3) is 4.09. The molecule has 0 bridgehead atoms. The predicted octanol–water partition coefficient (Wildman–Crippen LogP) is 4.06. The van der Waals surface area contributed by atoms with Crippen LogP contribution in [0.4, 0.5) is 5.69 Å². The highest BCUT2D eigenvalue weighted by atomic mass is 35.5. The van der Waals surface area contributed by atoms with E-state index in [1.54, 1.807) is 12.1 Å². The van der Waals surface area contributed by atoms with Gasteiger partial charge in [-0.15, -0.1) is 0 Å². The molecule has 0 atom stereocenters. The van der Waals surface area contributed by atoms with Crippen LogP contribution in [0.1, 0.15) is 28.8 Å². The third-order valence-electron chi connectivity index (χ3n) is 4.11. The van der Waals surface area contributed by atoms with Crippen LogP contribution in [0.2, 0.25) is 5.02 Å². The molecule has 0 aliphatic carbocycles. The maximum atomic E-state index is 12.3. The maximum Gasteiger partial charge on any atom is 0.271 e. The number of nitro benzene ring substituents is 1. The Morgan fingerprint density at radius 3 is 2.44 bits per heavy atom. The van der Waals surface area contributed by atoms with E-state index in [1.165, 1.54) is 18.2 Å². The molecule has 6 nitrogen and oxygen atoms in total. The normalized spacial score (nSPS) is 13.7. The molecule has 1 heterocycles. The molecule has 0 radical (unpaired) electrons. The molecule has 1 aliphatic heterocycles. The summed E-state index contributed by atoms with van der Waals surface area (Å²) in [5.74, 6) is 0.438. The van der Waals surface area contributed by atoms with Crippen LogP contribution in [0.25, 0.3) is 0 Å². The fourth-order valence-corrected chi connectivity index (χ4v) is 2.96. The van der Waals surface area contributed by atoms with Crippen molar-refractivity contribution in [2.45, 2.75) is 19.4 Å². The lowest BCUT2D eigenvalue weighted by molar-refractivity contribution is -0.384. The zero-order chi connectivity index (χ0) is 17.8. The average Bonchev–Trinajstić information content (AvgIpc) is 3.15. The van der Waals surface area contributed by atoms with E-state index in [1.807, 2.05) is 17.0 Å². The number of carbonyl (C=O) groups is 1. The second kappa shape index (κ2) is 7.53. The minimum absolute atomic E-state index is 0.0587. The fraction of sp³-hybridized carbons (Fsp3) is 0.278. The minimum Gasteiger partial charge on any atom is -0.487 e. The summed E-state index contributed by atoms with van der Waals surface area (Å²) < 4.78 is 5.61. The molecule has 0 N–H and O–H groups in total. The molecule has 130 valence electrons. The van der Waals surface area contributed by atoms with Crippen LogP contribution < -0.4 is 4.74 Å². The van der Waals surface area contributed by atoms with E-state index < -0.39 is 4.92 Å². The molecule has 1 fully saturated rings. The average molecular weight is 361 g/mol. The number of nitrogens with zero attached hydrogens (tertiary/aromatic N) is 2. The number of carbonyl (C=O) groups excluding carboxylic acids is 1. The molecule has 7 heteroatoms. The van der Waals surface area contributed by atoms with E-state index in [4.69, 9.17) is 16.3 Å². The number of hydrogen-bond acceptors (Lipinski definition) is 4. The molecule has 1 saturated heterocycles. The highest BCUT2D eigenvalue weighted by molar-refractivity contribution is 6.32. The molecule has 25 heavy (non-hydrogen) atoms. The van der Waals surface area contributed by atoms with Crippen LogP contribution in [-0.2, 0) is 6.61 Å². The number of amides is 1. The molecular formula is C18H17ClN2O4. The van der Waals surface area contributed by atoms with Crippen LogP contribution in [0.5, 0.6) is 5.75 Å². The summed E-state index contributed by atoms with van der Waals surface area (Å²) in [6.07, 6.45) is 2.13. The highest BCUT2D eigenvalue weighted by Crippen LogP contribution is 2.29. The molecule has 3 rings (SSSR count). The summed E-state index contributed by atoms with van der Waals surface area (Å²) in [5, 5.41) is 10.9. The predicted molar refractivity (Wildman–Crippen MR) is 94.0 cm³/mol. The van der Waals surface area contributed by atoms with Gasteiger partial charge in [-0.2, -0.15) is 0 Å². The van der Waals surface area contributed by atoms with Crippen molar-refractivity contribution in [2.75, 3.05) is 13.1 Å². The van der Waals surface area contributed by atoms with E-state index in [0.29, 0.717) is 11.3 Å². The second-order valence-corrected chi connectivity index (χ2v) is 6.26. The van der Waals surface area contributed by atoms with Crippen LogP contribution in [0, 0.1) is 10.1 Å². The maximum absolute atomic E-state index is 12.3. The molecule has 0 aromatic heterocycles. The fourth-order valence-electron chi connectivity index (χ4n) is 2.73. The van der Waals surface area contributed by atoms with Crippen molar-refractivity contribution in [3.8, 4) is 5.75 Å². The van der Waals surface area contributed by atoms with Gasteiger partial charge >= 0.3 is 0 Å². The number of benzene rings is 2. The van der Waals surface area contributed by atoms with Crippen molar-refractivity contribution in [1.82, 2.24) is 4.90 Å². The van der Waals surface area contributed by atoms with E-state index in [2.05, 4.69) is 0 Å². The summed E-state index contributed by atoms with van der Waals surface area (Å²) >= 11 is 6.00. The Morgan fingerprint density at radius 2 is 1.84 bits per heavy atom. The van der Waals surface area contributed by atoms with Crippen LogP contribution >= 0.6 is 11.6 Å². The van der Waals surface area contributed by atoms with E-state index in [0.717, 1.165) is 31.5 Å². The van der Waals surface area contributed by atoms with Crippen LogP contribution in [0.3, 0.4) is 0 Å². The SMILES string of the molecule is O=C(c1ccc(COc2ccc([N+](=O)[O-])cc2Cl)cc1)N1CCCC1. The summed E-state index contributed by atoms with van der Waals surface area (Å²) in [4.78, 5) is 24.3. The van der Waals surface area contributed by atoms with Crippen molar-refractivity contribution in [3.05, 3.63) is 68.7 Å². The van der Waals surface area contributed by atoms with Gasteiger partial charge in [-0.05, 0) is 36.6 Å². The monoisotopic (exact) mass is 360 g/mol. The Hall–Kier alpha value is -2.60. The topological polar surface area (TPSA) is 72.7 Å². The van der Waals surface area contributed by atoms with Gasteiger partial charge < -0.3 is 9.64 Å². The summed E-state index contributed by atoms with van der Waals surface area (Å²) in [6.45, 7) is 1.90. The second-order valence-electron chi connectivity index (χ2n) is 5.86. The Kier molecular flexibility index (Phi) is 5.19. The molecule has 1 amide bonds. The highest BCUT2D eigenvalue weighted by Gasteiger charge is 2.19. The van der Waals surface area contributed by atoms with Gasteiger partial charge in [0.15, 0.2) is 0 Å². The number of rotatable bonds is 5. The van der Waals surface area contributed by atoms with Gasteiger partial charge in [0.05, 0.1) is 9.95 Å². The minimum atomic E-state index is -0.508. The third-order valence-corrected chi connectivity index (χ3v) is 4.41. The first-order chi connectivity index (χ1) is 12.0. The van der Waals surface area contributed by atoms with Crippen molar-refractivity contribution < 1.29 is 14.5 Å².